The monoisotopic (exact) mass is 328 g/mol. The Morgan fingerprint density at radius 1 is 1.44 bits per heavy atom. The van der Waals surface area contributed by atoms with E-state index < -0.39 is 0 Å². The topological polar surface area (TPSA) is 38.0 Å². The molecular weight excluding hydrogens is 315 g/mol. The highest BCUT2D eigenvalue weighted by atomic mass is 79.9. The van der Waals surface area contributed by atoms with Crippen molar-refractivity contribution >= 4 is 27.3 Å². The van der Waals surface area contributed by atoms with Gasteiger partial charge < -0.3 is 0 Å². The Morgan fingerprint density at radius 3 is 2.78 bits per heavy atom. The second-order valence-corrected chi connectivity index (χ2v) is 5.93. The van der Waals surface area contributed by atoms with Gasteiger partial charge in [0.05, 0.1) is 6.04 Å². The third-order valence-electron chi connectivity index (χ3n) is 2.86. The predicted molar refractivity (Wildman–Crippen MR) is 76.9 cm³/mol. The molecule has 2 rings (SSSR count). The Kier molecular flexibility index (Phi) is 4.50. The molecule has 1 unspecified atom stereocenters. The fourth-order valence-electron chi connectivity index (χ4n) is 1.88. The lowest BCUT2D eigenvalue weighted by atomic mass is 10.0. The molecule has 1 aromatic carbocycles. The molecule has 2 aromatic rings. The third kappa shape index (κ3) is 2.98. The van der Waals surface area contributed by atoms with E-state index in [1.807, 2.05) is 0 Å². The lowest BCUT2D eigenvalue weighted by Gasteiger charge is -2.16. The molecule has 1 aromatic heterocycles. The minimum Gasteiger partial charge on any atom is -0.271 e. The average Bonchev–Trinajstić information content (AvgIpc) is 2.75. The van der Waals surface area contributed by atoms with Gasteiger partial charge in [0.2, 0.25) is 0 Å². The maximum Gasteiger partial charge on any atom is 0.124 e. The van der Waals surface area contributed by atoms with Crippen molar-refractivity contribution in [3.8, 4) is 0 Å². The quantitative estimate of drug-likeness (QED) is 0.663. The SMILES string of the molecule is Cc1ccsc1C(Cc1ccc(F)cc1Br)NN. The van der Waals surface area contributed by atoms with Gasteiger partial charge in [-0.3, -0.25) is 11.3 Å². The number of halogens is 2. The van der Waals surface area contributed by atoms with Crippen molar-refractivity contribution in [3.63, 3.8) is 0 Å². The molecule has 0 aliphatic heterocycles. The minimum atomic E-state index is -0.241. The van der Waals surface area contributed by atoms with E-state index in [0.717, 1.165) is 16.5 Å². The van der Waals surface area contributed by atoms with Gasteiger partial charge in [0.25, 0.3) is 0 Å². The molecule has 96 valence electrons. The molecule has 1 atom stereocenters. The van der Waals surface area contributed by atoms with Crippen LogP contribution in [0.5, 0.6) is 0 Å². The Morgan fingerprint density at radius 2 is 2.22 bits per heavy atom. The van der Waals surface area contributed by atoms with Crippen molar-refractivity contribution < 1.29 is 4.39 Å². The van der Waals surface area contributed by atoms with Crippen molar-refractivity contribution in [2.24, 2.45) is 5.84 Å². The highest BCUT2D eigenvalue weighted by Gasteiger charge is 2.15. The van der Waals surface area contributed by atoms with E-state index in [4.69, 9.17) is 5.84 Å². The van der Waals surface area contributed by atoms with Crippen LogP contribution >= 0.6 is 27.3 Å². The van der Waals surface area contributed by atoms with Crippen LogP contribution in [0, 0.1) is 12.7 Å². The molecular formula is C13H14BrFN2S. The Bertz CT molecular complexity index is 542. The number of hydrogen-bond donors (Lipinski definition) is 2. The van der Waals surface area contributed by atoms with Crippen LogP contribution in [0.25, 0.3) is 0 Å². The summed E-state index contributed by atoms with van der Waals surface area (Å²) in [6, 6.07) is 6.85. The molecule has 1 heterocycles. The summed E-state index contributed by atoms with van der Waals surface area (Å²) in [5.74, 6) is 5.39. The number of benzene rings is 1. The van der Waals surface area contributed by atoms with Gasteiger partial charge in [0.1, 0.15) is 5.82 Å². The molecule has 0 spiro atoms. The van der Waals surface area contributed by atoms with E-state index in [-0.39, 0.29) is 11.9 Å². The van der Waals surface area contributed by atoms with Gasteiger partial charge in [-0.25, -0.2) is 4.39 Å². The van der Waals surface area contributed by atoms with E-state index in [1.165, 1.54) is 22.6 Å². The molecule has 2 nitrogen and oxygen atoms in total. The molecule has 0 aliphatic rings. The standard InChI is InChI=1S/C13H14BrFN2S/c1-8-4-5-18-13(8)12(17-16)6-9-2-3-10(15)7-11(9)14/h2-5,7,12,17H,6,16H2,1H3. The van der Waals surface area contributed by atoms with Crippen LogP contribution in [-0.2, 0) is 6.42 Å². The van der Waals surface area contributed by atoms with Crippen LogP contribution in [0.3, 0.4) is 0 Å². The number of nitrogens with one attached hydrogen (secondary N) is 1. The zero-order valence-electron chi connectivity index (χ0n) is 9.91. The smallest absolute Gasteiger partial charge is 0.124 e. The van der Waals surface area contributed by atoms with Crippen molar-refractivity contribution in [2.45, 2.75) is 19.4 Å². The van der Waals surface area contributed by atoms with Crippen LogP contribution in [0.15, 0.2) is 34.1 Å². The van der Waals surface area contributed by atoms with Gasteiger partial charge in [-0.05, 0) is 48.1 Å². The normalized spacial score (nSPS) is 12.7. The lowest BCUT2D eigenvalue weighted by molar-refractivity contribution is 0.556. The van der Waals surface area contributed by atoms with Gasteiger partial charge >= 0.3 is 0 Å². The molecule has 0 amide bonds. The molecule has 0 radical (unpaired) electrons. The molecule has 5 heteroatoms. The third-order valence-corrected chi connectivity index (χ3v) is 4.73. The van der Waals surface area contributed by atoms with E-state index >= 15 is 0 Å². The number of hydrazine groups is 1. The van der Waals surface area contributed by atoms with Crippen LogP contribution in [0.4, 0.5) is 4.39 Å². The fourth-order valence-corrected chi connectivity index (χ4v) is 3.38. The first kappa shape index (κ1) is 13.7. The number of hydrogen-bond acceptors (Lipinski definition) is 3. The first-order valence-corrected chi connectivity index (χ1v) is 7.23. The zero-order valence-corrected chi connectivity index (χ0v) is 12.3. The zero-order chi connectivity index (χ0) is 13.1. The minimum absolute atomic E-state index is 0.0479. The Hall–Kier alpha value is -0.750. The van der Waals surface area contributed by atoms with E-state index in [9.17, 15) is 4.39 Å². The number of nitrogens with two attached hydrogens (primary N) is 1. The van der Waals surface area contributed by atoms with Gasteiger partial charge in [-0.15, -0.1) is 11.3 Å². The van der Waals surface area contributed by atoms with Crippen LogP contribution < -0.4 is 11.3 Å². The molecule has 18 heavy (non-hydrogen) atoms. The second-order valence-electron chi connectivity index (χ2n) is 4.13. The van der Waals surface area contributed by atoms with Gasteiger partial charge in [0, 0.05) is 9.35 Å². The predicted octanol–water partition coefficient (Wildman–Crippen LogP) is 3.71. The highest BCUT2D eigenvalue weighted by Crippen LogP contribution is 2.29. The van der Waals surface area contributed by atoms with Crippen molar-refractivity contribution in [3.05, 3.63) is 55.9 Å². The molecule has 0 fully saturated rings. The lowest BCUT2D eigenvalue weighted by Crippen LogP contribution is -2.29. The maximum absolute atomic E-state index is 13.0. The highest BCUT2D eigenvalue weighted by molar-refractivity contribution is 9.10. The summed E-state index contributed by atoms with van der Waals surface area (Å²) in [5.41, 5.74) is 5.09. The van der Waals surface area contributed by atoms with Crippen LogP contribution in [0.2, 0.25) is 0 Å². The second kappa shape index (κ2) is 5.93. The molecule has 0 saturated carbocycles. The summed E-state index contributed by atoms with van der Waals surface area (Å²) in [7, 11) is 0. The Labute approximate surface area is 118 Å². The first-order valence-electron chi connectivity index (χ1n) is 5.56. The van der Waals surface area contributed by atoms with Crippen molar-refractivity contribution in [1.29, 1.82) is 0 Å². The van der Waals surface area contributed by atoms with Crippen molar-refractivity contribution in [2.75, 3.05) is 0 Å². The van der Waals surface area contributed by atoms with Gasteiger partial charge in [-0.1, -0.05) is 22.0 Å². The summed E-state index contributed by atoms with van der Waals surface area (Å²) in [6.07, 6.45) is 0.721. The van der Waals surface area contributed by atoms with E-state index in [0.29, 0.717) is 0 Å². The fraction of sp³-hybridized carbons (Fsp3) is 0.231. The average molecular weight is 329 g/mol. The number of rotatable bonds is 4. The summed E-state index contributed by atoms with van der Waals surface area (Å²) < 4.78 is 13.8. The molecule has 0 aliphatic carbocycles. The summed E-state index contributed by atoms with van der Waals surface area (Å²) in [4.78, 5) is 1.22. The van der Waals surface area contributed by atoms with Crippen molar-refractivity contribution in [1.82, 2.24) is 5.43 Å². The van der Waals surface area contributed by atoms with E-state index in [2.05, 4.69) is 39.7 Å². The van der Waals surface area contributed by atoms with Crippen LogP contribution in [-0.4, -0.2) is 0 Å². The van der Waals surface area contributed by atoms with Crippen LogP contribution in [0.1, 0.15) is 22.0 Å². The maximum atomic E-state index is 13.0. The van der Waals surface area contributed by atoms with Gasteiger partial charge in [-0.2, -0.15) is 0 Å². The molecule has 0 bridgehead atoms. The Balaban J connectivity index is 2.23. The first-order chi connectivity index (χ1) is 8.61. The largest absolute Gasteiger partial charge is 0.271 e. The molecule has 0 saturated heterocycles. The number of thiophene rings is 1. The molecule has 3 N–H and O–H groups in total. The summed E-state index contributed by atoms with van der Waals surface area (Å²) in [5, 5.41) is 2.05. The number of aryl methyl sites for hydroxylation is 1. The van der Waals surface area contributed by atoms with Gasteiger partial charge in [0.15, 0.2) is 0 Å². The summed E-state index contributed by atoms with van der Waals surface area (Å²) >= 11 is 5.06. The van der Waals surface area contributed by atoms with E-state index in [1.54, 1.807) is 17.4 Å². The summed E-state index contributed by atoms with van der Waals surface area (Å²) in [6.45, 7) is 2.07.